The Morgan fingerprint density at radius 2 is 2.10 bits per heavy atom. The van der Waals surface area contributed by atoms with Crippen LogP contribution in [0.4, 0.5) is 5.69 Å². The van der Waals surface area contributed by atoms with Crippen molar-refractivity contribution in [1.29, 1.82) is 0 Å². The molecule has 1 heterocycles. The number of hydrogen-bond acceptors (Lipinski definition) is 4. The standard InChI is InChI=1S/C14H21N3O2S/c1-3-6-12(2)15-9-10-17-11-16-13-7-4-5-8-14(13)20(17,18)19/h4-5,7-8,11-12,15H,3,6,9-10H2,1-2H3. The Labute approximate surface area is 120 Å². The van der Waals surface area contributed by atoms with E-state index in [0.29, 0.717) is 24.8 Å². The predicted octanol–water partition coefficient (Wildman–Crippen LogP) is 2.13. The average Bonchev–Trinajstić information content (AvgIpc) is 2.42. The van der Waals surface area contributed by atoms with Crippen LogP contribution in [0.15, 0.2) is 34.2 Å². The Kier molecular flexibility index (Phi) is 4.77. The van der Waals surface area contributed by atoms with Gasteiger partial charge in [0.05, 0.1) is 5.69 Å². The largest absolute Gasteiger partial charge is 0.312 e. The molecule has 110 valence electrons. The zero-order valence-electron chi connectivity index (χ0n) is 11.9. The number of nitrogens with one attached hydrogen (secondary N) is 1. The molecule has 0 radical (unpaired) electrons. The Bertz CT molecular complexity index is 584. The van der Waals surface area contributed by atoms with Gasteiger partial charge >= 0.3 is 0 Å². The van der Waals surface area contributed by atoms with Gasteiger partial charge in [-0.1, -0.05) is 25.5 Å². The van der Waals surface area contributed by atoms with Gasteiger partial charge in [0.1, 0.15) is 11.2 Å². The zero-order valence-corrected chi connectivity index (χ0v) is 12.7. The first kappa shape index (κ1) is 15.0. The highest BCUT2D eigenvalue weighted by Crippen LogP contribution is 2.29. The smallest absolute Gasteiger partial charge is 0.267 e. The fourth-order valence-electron chi connectivity index (χ4n) is 2.23. The second-order valence-electron chi connectivity index (χ2n) is 4.97. The van der Waals surface area contributed by atoms with Crippen molar-refractivity contribution in [2.24, 2.45) is 4.99 Å². The minimum absolute atomic E-state index is 0.282. The quantitative estimate of drug-likeness (QED) is 0.874. The van der Waals surface area contributed by atoms with Crippen LogP contribution in [0.3, 0.4) is 0 Å². The summed E-state index contributed by atoms with van der Waals surface area (Å²) in [6.45, 7) is 5.26. The Hall–Kier alpha value is -1.40. The Morgan fingerprint density at radius 1 is 1.35 bits per heavy atom. The second kappa shape index (κ2) is 6.37. The number of hydrogen-bond donors (Lipinski definition) is 1. The van der Waals surface area contributed by atoms with Crippen molar-refractivity contribution in [3.63, 3.8) is 0 Å². The number of sulfonamides is 1. The molecule has 20 heavy (non-hydrogen) atoms. The van der Waals surface area contributed by atoms with Crippen LogP contribution in [0.25, 0.3) is 0 Å². The monoisotopic (exact) mass is 295 g/mol. The van der Waals surface area contributed by atoms with E-state index in [0.717, 1.165) is 12.8 Å². The maximum atomic E-state index is 12.4. The molecular weight excluding hydrogens is 274 g/mol. The van der Waals surface area contributed by atoms with Crippen LogP contribution in [-0.4, -0.2) is 38.2 Å². The molecule has 0 aliphatic carbocycles. The van der Waals surface area contributed by atoms with Gasteiger partial charge in [0, 0.05) is 19.1 Å². The van der Waals surface area contributed by atoms with Crippen molar-refractivity contribution in [2.75, 3.05) is 13.1 Å². The van der Waals surface area contributed by atoms with Gasteiger partial charge < -0.3 is 5.32 Å². The maximum Gasteiger partial charge on any atom is 0.267 e. The van der Waals surface area contributed by atoms with E-state index in [1.54, 1.807) is 24.3 Å². The summed E-state index contributed by atoms with van der Waals surface area (Å²) in [7, 11) is -3.45. The van der Waals surface area contributed by atoms with Gasteiger partial charge in [-0.3, -0.25) is 4.31 Å². The number of aliphatic imine (C=N–C) groups is 1. The highest BCUT2D eigenvalue weighted by molar-refractivity contribution is 7.89. The van der Waals surface area contributed by atoms with Crippen LogP contribution in [0.2, 0.25) is 0 Å². The van der Waals surface area contributed by atoms with E-state index in [2.05, 4.69) is 24.2 Å². The fourth-order valence-corrected chi connectivity index (χ4v) is 3.62. The van der Waals surface area contributed by atoms with Crippen LogP contribution < -0.4 is 5.32 Å². The van der Waals surface area contributed by atoms with Crippen molar-refractivity contribution in [3.8, 4) is 0 Å². The first-order chi connectivity index (χ1) is 9.55. The summed E-state index contributed by atoms with van der Waals surface area (Å²) in [5.74, 6) is 0. The maximum absolute atomic E-state index is 12.4. The number of fused-ring (bicyclic) bond motifs is 1. The lowest BCUT2D eigenvalue weighted by molar-refractivity contribution is 0.468. The molecule has 5 nitrogen and oxygen atoms in total. The Morgan fingerprint density at radius 3 is 2.85 bits per heavy atom. The molecule has 1 atom stereocenters. The van der Waals surface area contributed by atoms with E-state index in [4.69, 9.17) is 0 Å². The van der Waals surface area contributed by atoms with Gasteiger partial charge in [0.15, 0.2) is 0 Å². The van der Waals surface area contributed by atoms with Crippen molar-refractivity contribution < 1.29 is 8.42 Å². The molecule has 1 unspecified atom stereocenters. The molecule has 6 heteroatoms. The molecule has 0 spiro atoms. The lowest BCUT2D eigenvalue weighted by Crippen LogP contribution is -2.39. The van der Waals surface area contributed by atoms with E-state index in [-0.39, 0.29) is 4.90 Å². The molecule has 0 saturated carbocycles. The number of para-hydroxylation sites is 1. The summed E-state index contributed by atoms with van der Waals surface area (Å²) in [5, 5.41) is 3.32. The van der Waals surface area contributed by atoms with Gasteiger partial charge in [0.25, 0.3) is 10.0 Å². The van der Waals surface area contributed by atoms with E-state index >= 15 is 0 Å². The van der Waals surface area contributed by atoms with Crippen LogP contribution in [-0.2, 0) is 10.0 Å². The van der Waals surface area contributed by atoms with Gasteiger partial charge in [0.2, 0.25) is 0 Å². The summed E-state index contributed by atoms with van der Waals surface area (Å²) in [6.07, 6.45) is 3.61. The normalized spacial score (nSPS) is 17.8. The first-order valence-corrected chi connectivity index (χ1v) is 8.38. The average molecular weight is 295 g/mol. The lowest BCUT2D eigenvalue weighted by atomic mass is 10.2. The number of benzene rings is 1. The zero-order chi connectivity index (χ0) is 14.6. The minimum atomic E-state index is -3.45. The molecule has 1 aromatic carbocycles. The summed E-state index contributed by atoms with van der Waals surface area (Å²) in [5.41, 5.74) is 0.510. The van der Waals surface area contributed by atoms with Gasteiger partial charge in [-0.15, -0.1) is 0 Å². The Balaban J connectivity index is 2.02. The SMILES string of the molecule is CCCC(C)NCCN1C=Nc2ccccc2S1(=O)=O. The molecule has 2 rings (SSSR count). The van der Waals surface area contributed by atoms with E-state index in [1.165, 1.54) is 10.6 Å². The minimum Gasteiger partial charge on any atom is -0.312 e. The van der Waals surface area contributed by atoms with Crippen LogP contribution in [0.5, 0.6) is 0 Å². The second-order valence-corrected chi connectivity index (χ2v) is 6.83. The van der Waals surface area contributed by atoms with Crippen molar-refractivity contribution in [2.45, 2.75) is 37.6 Å². The molecule has 1 N–H and O–H groups in total. The lowest BCUT2D eigenvalue weighted by Gasteiger charge is -2.24. The molecule has 0 saturated heterocycles. The summed E-state index contributed by atoms with van der Waals surface area (Å²) < 4.78 is 26.1. The number of rotatable bonds is 6. The molecular formula is C14H21N3O2S. The predicted molar refractivity (Wildman–Crippen MR) is 80.9 cm³/mol. The van der Waals surface area contributed by atoms with Gasteiger partial charge in [-0.2, -0.15) is 0 Å². The molecule has 1 aliphatic heterocycles. The number of nitrogens with zero attached hydrogens (tertiary/aromatic N) is 2. The van der Waals surface area contributed by atoms with Crippen LogP contribution in [0, 0.1) is 0 Å². The third kappa shape index (κ3) is 3.19. The van der Waals surface area contributed by atoms with Gasteiger partial charge in [-0.25, -0.2) is 13.4 Å². The molecule has 1 aliphatic rings. The van der Waals surface area contributed by atoms with E-state index in [9.17, 15) is 8.42 Å². The first-order valence-electron chi connectivity index (χ1n) is 6.94. The molecule has 0 amide bonds. The van der Waals surface area contributed by atoms with Crippen molar-refractivity contribution in [3.05, 3.63) is 24.3 Å². The van der Waals surface area contributed by atoms with Crippen LogP contribution >= 0.6 is 0 Å². The highest BCUT2D eigenvalue weighted by Gasteiger charge is 2.27. The molecule has 1 aromatic rings. The van der Waals surface area contributed by atoms with E-state index in [1.807, 2.05) is 0 Å². The summed E-state index contributed by atoms with van der Waals surface area (Å²) >= 11 is 0. The molecule has 0 fully saturated rings. The van der Waals surface area contributed by atoms with Crippen LogP contribution in [0.1, 0.15) is 26.7 Å². The third-order valence-electron chi connectivity index (χ3n) is 3.32. The third-order valence-corrected chi connectivity index (χ3v) is 5.12. The van der Waals surface area contributed by atoms with E-state index < -0.39 is 10.0 Å². The van der Waals surface area contributed by atoms with Gasteiger partial charge in [-0.05, 0) is 25.5 Å². The topological polar surface area (TPSA) is 61.8 Å². The summed E-state index contributed by atoms with van der Waals surface area (Å²) in [6, 6.07) is 7.22. The summed E-state index contributed by atoms with van der Waals surface area (Å²) in [4.78, 5) is 4.48. The fraction of sp³-hybridized carbons (Fsp3) is 0.500. The molecule has 0 aromatic heterocycles. The molecule has 0 bridgehead atoms. The highest BCUT2D eigenvalue weighted by atomic mass is 32.2. The van der Waals surface area contributed by atoms with Crippen molar-refractivity contribution >= 4 is 22.0 Å². The van der Waals surface area contributed by atoms with Crippen molar-refractivity contribution in [1.82, 2.24) is 9.62 Å².